The fraction of sp³-hybridized carbons (Fsp3) is 0.364. The average molecular weight is 330 g/mol. The third kappa shape index (κ3) is 4.93. The molecule has 0 amide bonds. The van der Waals surface area contributed by atoms with Crippen LogP contribution in [0.4, 0.5) is 17.1 Å². The van der Waals surface area contributed by atoms with Crippen molar-refractivity contribution < 1.29 is 30.3 Å². The van der Waals surface area contributed by atoms with E-state index < -0.39 is 46.1 Å². The van der Waals surface area contributed by atoms with E-state index in [1.54, 1.807) is 0 Å². The maximum atomic E-state index is 10.9. The van der Waals surface area contributed by atoms with Crippen molar-refractivity contribution in [3.05, 3.63) is 38.4 Å². The summed E-state index contributed by atoms with van der Waals surface area (Å²) in [6.07, 6.45) is -4.21. The molecule has 0 radical (unpaired) electrons. The Bertz CT molecular complexity index is 608. The minimum absolute atomic E-state index is 0.179. The van der Waals surface area contributed by atoms with Crippen LogP contribution in [0.5, 0.6) is 0 Å². The Morgan fingerprint density at radius 2 is 1.87 bits per heavy atom. The Kier molecular flexibility index (Phi) is 6.47. The van der Waals surface area contributed by atoms with E-state index in [9.17, 15) is 30.4 Å². The molecule has 126 valence electrons. The summed E-state index contributed by atoms with van der Waals surface area (Å²) in [6, 6.07) is 2.81. The van der Waals surface area contributed by atoms with Gasteiger partial charge in [-0.3, -0.25) is 25.7 Å². The minimum Gasteiger partial charge on any atom is -0.394 e. The highest BCUT2D eigenvalue weighted by molar-refractivity contribution is 5.69. The number of rotatable bonds is 8. The van der Waals surface area contributed by atoms with Crippen molar-refractivity contribution in [1.82, 2.24) is 0 Å². The number of nitrogens with one attached hydrogen (secondary N) is 1. The van der Waals surface area contributed by atoms with Crippen LogP contribution < -0.4 is 5.43 Å². The van der Waals surface area contributed by atoms with E-state index in [2.05, 4.69) is 10.5 Å². The van der Waals surface area contributed by atoms with Crippen LogP contribution in [0.15, 0.2) is 23.3 Å². The third-order valence-corrected chi connectivity index (χ3v) is 2.73. The number of nitrogens with zero attached hydrogens (tertiary/aromatic N) is 3. The molecule has 3 atom stereocenters. The standard InChI is InChI=1S/C11H14N4O8/c16-5-10(18)11(19)9(17)4-12-13-7-2-1-6(14(20)21)3-8(7)15(22)23/h1-4,9-11,13,16-19H,5H2/b12-4+/t9-,10-,11+/m1/s1. The second-order valence-corrected chi connectivity index (χ2v) is 4.34. The van der Waals surface area contributed by atoms with Gasteiger partial charge in [0.25, 0.3) is 5.69 Å². The van der Waals surface area contributed by atoms with Crippen molar-refractivity contribution in [3.8, 4) is 0 Å². The van der Waals surface area contributed by atoms with Gasteiger partial charge in [0.05, 0.1) is 28.7 Å². The molecule has 0 spiro atoms. The Morgan fingerprint density at radius 1 is 1.22 bits per heavy atom. The first-order valence-corrected chi connectivity index (χ1v) is 6.15. The lowest BCUT2D eigenvalue weighted by atomic mass is 10.1. The molecule has 0 aliphatic heterocycles. The summed E-state index contributed by atoms with van der Waals surface area (Å²) in [5.74, 6) is 0. The molecule has 0 bridgehead atoms. The predicted octanol–water partition coefficient (Wildman–Crippen LogP) is -1.02. The molecule has 5 N–H and O–H groups in total. The van der Waals surface area contributed by atoms with Crippen LogP contribution in [-0.4, -0.2) is 61.4 Å². The molecule has 12 nitrogen and oxygen atoms in total. The molecule has 0 aromatic heterocycles. The zero-order valence-corrected chi connectivity index (χ0v) is 11.5. The molecule has 1 rings (SSSR count). The van der Waals surface area contributed by atoms with Crippen LogP contribution >= 0.6 is 0 Å². The number of nitro groups is 2. The summed E-state index contributed by atoms with van der Waals surface area (Å²) < 4.78 is 0. The van der Waals surface area contributed by atoms with E-state index in [1.165, 1.54) is 0 Å². The van der Waals surface area contributed by atoms with Gasteiger partial charge in [0, 0.05) is 6.07 Å². The summed E-state index contributed by atoms with van der Waals surface area (Å²) in [6.45, 7) is -0.784. The summed E-state index contributed by atoms with van der Waals surface area (Å²) in [5.41, 5.74) is 0.926. The van der Waals surface area contributed by atoms with E-state index in [0.29, 0.717) is 0 Å². The smallest absolute Gasteiger partial charge is 0.301 e. The molecule has 0 aliphatic carbocycles. The molecule has 0 unspecified atom stereocenters. The highest BCUT2D eigenvalue weighted by Gasteiger charge is 2.23. The lowest BCUT2D eigenvalue weighted by molar-refractivity contribution is -0.393. The van der Waals surface area contributed by atoms with Crippen molar-refractivity contribution >= 4 is 23.3 Å². The molecule has 23 heavy (non-hydrogen) atoms. The van der Waals surface area contributed by atoms with Gasteiger partial charge in [0.1, 0.15) is 24.0 Å². The van der Waals surface area contributed by atoms with Gasteiger partial charge in [-0.05, 0) is 6.07 Å². The van der Waals surface area contributed by atoms with Crippen LogP contribution in [-0.2, 0) is 0 Å². The van der Waals surface area contributed by atoms with Gasteiger partial charge in [-0.25, -0.2) is 0 Å². The van der Waals surface area contributed by atoms with Crippen molar-refractivity contribution in [1.29, 1.82) is 0 Å². The maximum absolute atomic E-state index is 10.9. The largest absolute Gasteiger partial charge is 0.394 e. The highest BCUT2D eigenvalue weighted by atomic mass is 16.6. The number of hydrazone groups is 1. The monoisotopic (exact) mass is 330 g/mol. The number of benzene rings is 1. The first-order valence-electron chi connectivity index (χ1n) is 6.15. The molecular weight excluding hydrogens is 316 g/mol. The van der Waals surface area contributed by atoms with Gasteiger partial charge in [0.15, 0.2) is 0 Å². The molecule has 0 aliphatic rings. The molecule has 0 heterocycles. The van der Waals surface area contributed by atoms with E-state index in [1.807, 2.05) is 0 Å². The summed E-state index contributed by atoms with van der Waals surface area (Å²) in [7, 11) is 0. The van der Waals surface area contributed by atoms with Crippen LogP contribution in [0.1, 0.15) is 0 Å². The normalized spacial score (nSPS) is 15.1. The van der Waals surface area contributed by atoms with Gasteiger partial charge in [-0.1, -0.05) is 0 Å². The van der Waals surface area contributed by atoms with Crippen molar-refractivity contribution in [2.24, 2.45) is 5.10 Å². The second-order valence-electron chi connectivity index (χ2n) is 4.34. The van der Waals surface area contributed by atoms with Crippen LogP contribution in [0.2, 0.25) is 0 Å². The lowest BCUT2D eigenvalue weighted by Crippen LogP contribution is -2.40. The van der Waals surface area contributed by atoms with E-state index >= 15 is 0 Å². The van der Waals surface area contributed by atoms with Gasteiger partial charge >= 0.3 is 5.69 Å². The Balaban J connectivity index is 2.87. The van der Waals surface area contributed by atoms with Crippen molar-refractivity contribution in [2.45, 2.75) is 18.3 Å². The van der Waals surface area contributed by atoms with Crippen LogP contribution in [0.3, 0.4) is 0 Å². The van der Waals surface area contributed by atoms with E-state index in [4.69, 9.17) is 10.2 Å². The minimum atomic E-state index is -1.71. The second kappa shape index (κ2) is 8.09. The van der Waals surface area contributed by atoms with Crippen molar-refractivity contribution in [3.63, 3.8) is 0 Å². The zero-order valence-electron chi connectivity index (χ0n) is 11.5. The number of aliphatic hydroxyl groups is 4. The number of hydrogen-bond donors (Lipinski definition) is 5. The van der Waals surface area contributed by atoms with Gasteiger partial charge in [-0.2, -0.15) is 5.10 Å². The zero-order chi connectivity index (χ0) is 17.6. The lowest BCUT2D eigenvalue weighted by Gasteiger charge is -2.18. The van der Waals surface area contributed by atoms with Gasteiger partial charge in [0.2, 0.25) is 0 Å². The first-order chi connectivity index (χ1) is 10.8. The fourth-order valence-corrected chi connectivity index (χ4v) is 1.49. The van der Waals surface area contributed by atoms with Crippen molar-refractivity contribution in [2.75, 3.05) is 12.0 Å². The SMILES string of the molecule is O=[N+]([O-])c1ccc(N/N=C/[C@@H](O)[C@H](O)[C@H](O)CO)c([N+](=O)[O-])c1. The third-order valence-electron chi connectivity index (χ3n) is 2.73. The average Bonchev–Trinajstić information content (AvgIpc) is 2.52. The predicted molar refractivity (Wildman–Crippen MR) is 77.0 cm³/mol. The van der Waals surface area contributed by atoms with E-state index in [-0.39, 0.29) is 5.69 Å². The number of non-ortho nitro benzene ring substituents is 1. The first kappa shape index (κ1) is 18.4. The Hall–Kier alpha value is -2.67. The van der Waals surface area contributed by atoms with Gasteiger partial charge in [-0.15, -0.1) is 0 Å². The molecule has 1 aromatic rings. The maximum Gasteiger partial charge on any atom is 0.301 e. The molecule has 1 aromatic carbocycles. The molecule has 0 fully saturated rings. The topological polar surface area (TPSA) is 192 Å². The fourth-order valence-electron chi connectivity index (χ4n) is 1.49. The summed E-state index contributed by atoms with van der Waals surface area (Å²) in [4.78, 5) is 19.8. The van der Waals surface area contributed by atoms with Crippen LogP contribution in [0.25, 0.3) is 0 Å². The molecular formula is C11H14N4O8. The van der Waals surface area contributed by atoms with Crippen LogP contribution in [0, 0.1) is 20.2 Å². The summed E-state index contributed by atoms with van der Waals surface area (Å²) >= 11 is 0. The van der Waals surface area contributed by atoms with Gasteiger partial charge < -0.3 is 20.4 Å². The molecule has 12 heteroatoms. The number of nitro benzene ring substituents is 2. The Labute approximate surface area is 128 Å². The van der Waals surface area contributed by atoms with E-state index in [0.717, 1.165) is 24.4 Å². The number of hydrogen-bond acceptors (Lipinski definition) is 10. The molecule has 0 saturated carbocycles. The number of aliphatic hydroxyl groups excluding tert-OH is 4. The summed E-state index contributed by atoms with van der Waals surface area (Å²) in [5, 5.41) is 61.5. The quantitative estimate of drug-likeness (QED) is 0.225. The number of anilines is 1. The Morgan fingerprint density at radius 3 is 2.39 bits per heavy atom. The highest BCUT2D eigenvalue weighted by Crippen LogP contribution is 2.28. The molecule has 0 saturated heterocycles.